The molecule has 0 aliphatic carbocycles. The Morgan fingerprint density at radius 3 is 2.67 bits per heavy atom. The van der Waals surface area contributed by atoms with Gasteiger partial charge in [-0.15, -0.1) is 0 Å². The molecule has 94 valence electrons. The van der Waals surface area contributed by atoms with Crippen LogP contribution in [0.2, 0.25) is 5.02 Å². The predicted octanol–water partition coefficient (Wildman–Crippen LogP) is 3.34. The fraction of sp³-hybridized carbons (Fsp3) is 0.143. The number of aliphatic hydroxyl groups is 1. The maximum atomic E-state index is 13.7. The largest absolute Gasteiger partial charge is 0.399 e. The average molecular weight is 266 g/mol. The first-order valence-electron chi connectivity index (χ1n) is 5.54. The van der Waals surface area contributed by atoms with Gasteiger partial charge in [-0.2, -0.15) is 0 Å². The van der Waals surface area contributed by atoms with Crippen LogP contribution in [-0.4, -0.2) is 5.11 Å². The monoisotopic (exact) mass is 265 g/mol. The summed E-state index contributed by atoms with van der Waals surface area (Å²) in [7, 11) is 0. The first-order valence-corrected chi connectivity index (χ1v) is 5.92. The highest BCUT2D eigenvalue weighted by molar-refractivity contribution is 6.30. The smallest absolute Gasteiger partial charge is 0.145 e. The number of hydrogen-bond donors (Lipinski definition) is 2. The van der Waals surface area contributed by atoms with Gasteiger partial charge < -0.3 is 10.8 Å². The van der Waals surface area contributed by atoms with Gasteiger partial charge in [-0.3, -0.25) is 0 Å². The molecule has 18 heavy (non-hydrogen) atoms. The molecule has 0 aromatic heterocycles. The van der Waals surface area contributed by atoms with E-state index in [1.807, 2.05) is 0 Å². The normalized spacial score (nSPS) is 12.4. The predicted molar refractivity (Wildman–Crippen MR) is 70.9 cm³/mol. The van der Waals surface area contributed by atoms with Gasteiger partial charge in [0.05, 0.1) is 11.1 Å². The molecule has 1 atom stereocenters. The summed E-state index contributed by atoms with van der Waals surface area (Å²) < 4.78 is 13.7. The fourth-order valence-electron chi connectivity index (χ4n) is 1.80. The summed E-state index contributed by atoms with van der Waals surface area (Å²) in [5.74, 6) is -0.484. The molecule has 2 aromatic rings. The number of halogens is 2. The van der Waals surface area contributed by atoms with Gasteiger partial charge >= 0.3 is 0 Å². The molecule has 1 unspecified atom stereocenters. The van der Waals surface area contributed by atoms with E-state index in [0.717, 1.165) is 0 Å². The molecule has 0 heterocycles. The molecule has 0 fully saturated rings. The molecular weight excluding hydrogens is 253 g/mol. The number of hydrogen-bond acceptors (Lipinski definition) is 2. The third kappa shape index (κ3) is 2.81. The van der Waals surface area contributed by atoms with E-state index in [9.17, 15) is 9.50 Å². The van der Waals surface area contributed by atoms with E-state index in [1.165, 1.54) is 6.07 Å². The molecule has 0 aliphatic rings. The molecule has 0 saturated carbocycles. The second kappa shape index (κ2) is 5.38. The van der Waals surface area contributed by atoms with E-state index in [4.69, 9.17) is 17.3 Å². The molecule has 2 rings (SSSR count). The van der Waals surface area contributed by atoms with Gasteiger partial charge in [0, 0.05) is 12.1 Å². The number of rotatable bonds is 3. The SMILES string of the molecule is Nc1cccc(C(O)Cc2cccc(Cl)c2F)c1. The zero-order valence-electron chi connectivity index (χ0n) is 9.61. The molecule has 3 N–H and O–H groups in total. The van der Waals surface area contributed by atoms with Crippen molar-refractivity contribution in [2.45, 2.75) is 12.5 Å². The third-order valence-corrected chi connectivity index (χ3v) is 3.03. The summed E-state index contributed by atoms with van der Waals surface area (Å²) in [6.45, 7) is 0. The van der Waals surface area contributed by atoms with Gasteiger partial charge in [-0.1, -0.05) is 35.9 Å². The average Bonchev–Trinajstić information content (AvgIpc) is 2.35. The minimum atomic E-state index is -0.804. The summed E-state index contributed by atoms with van der Waals surface area (Å²) in [4.78, 5) is 0. The van der Waals surface area contributed by atoms with E-state index in [2.05, 4.69) is 0 Å². The highest BCUT2D eigenvalue weighted by Crippen LogP contribution is 2.24. The Bertz CT molecular complexity index is 559. The molecule has 0 radical (unpaired) electrons. The van der Waals surface area contributed by atoms with Gasteiger partial charge in [0.2, 0.25) is 0 Å². The Labute approximate surface area is 110 Å². The van der Waals surface area contributed by atoms with Crippen LogP contribution in [0.4, 0.5) is 10.1 Å². The molecule has 2 aromatic carbocycles. The molecule has 0 aliphatic heterocycles. The van der Waals surface area contributed by atoms with Crippen molar-refractivity contribution in [3.05, 3.63) is 64.4 Å². The number of aliphatic hydroxyl groups excluding tert-OH is 1. The van der Waals surface area contributed by atoms with E-state index in [0.29, 0.717) is 16.8 Å². The minimum Gasteiger partial charge on any atom is -0.399 e. The molecule has 2 nitrogen and oxygen atoms in total. The van der Waals surface area contributed by atoms with E-state index in [1.54, 1.807) is 36.4 Å². The number of anilines is 1. The number of benzene rings is 2. The lowest BCUT2D eigenvalue weighted by Crippen LogP contribution is -2.04. The highest BCUT2D eigenvalue weighted by atomic mass is 35.5. The Kier molecular flexibility index (Phi) is 3.84. The summed E-state index contributed by atoms with van der Waals surface area (Å²) in [6, 6.07) is 11.7. The lowest BCUT2D eigenvalue weighted by molar-refractivity contribution is 0.177. The first-order chi connectivity index (χ1) is 8.58. The zero-order chi connectivity index (χ0) is 13.1. The molecule has 4 heteroatoms. The highest BCUT2D eigenvalue weighted by Gasteiger charge is 2.13. The molecule has 0 spiro atoms. The fourth-order valence-corrected chi connectivity index (χ4v) is 1.99. The van der Waals surface area contributed by atoms with Crippen molar-refractivity contribution >= 4 is 17.3 Å². The van der Waals surface area contributed by atoms with Gasteiger partial charge in [0.1, 0.15) is 5.82 Å². The lowest BCUT2D eigenvalue weighted by Gasteiger charge is -2.12. The van der Waals surface area contributed by atoms with Crippen molar-refractivity contribution < 1.29 is 9.50 Å². The summed E-state index contributed by atoms with van der Waals surface area (Å²) in [6.07, 6.45) is -0.642. The van der Waals surface area contributed by atoms with Crippen molar-refractivity contribution in [1.82, 2.24) is 0 Å². The number of nitrogens with two attached hydrogens (primary N) is 1. The second-order valence-corrected chi connectivity index (χ2v) is 4.51. The quantitative estimate of drug-likeness (QED) is 0.836. The second-order valence-electron chi connectivity index (χ2n) is 4.10. The van der Waals surface area contributed by atoms with Crippen LogP contribution >= 0.6 is 11.6 Å². The van der Waals surface area contributed by atoms with Crippen molar-refractivity contribution in [3.8, 4) is 0 Å². The van der Waals surface area contributed by atoms with Crippen molar-refractivity contribution in [2.24, 2.45) is 0 Å². The maximum Gasteiger partial charge on any atom is 0.145 e. The Morgan fingerprint density at radius 1 is 1.22 bits per heavy atom. The molecule has 0 saturated heterocycles. The van der Waals surface area contributed by atoms with Gasteiger partial charge in [0.15, 0.2) is 0 Å². The molecular formula is C14H13ClFNO. The first kappa shape index (κ1) is 12.9. The third-order valence-electron chi connectivity index (χ3n) is 2.74. The Morgan fingerprint density at radius 2 is 1.94 bits per heavy atom. The maximum absolute atomic E-state index is 13.7. The Balaban J connectivity index is 2.21. The zero-order valence-corrected chi connectivity index (χ0v) is 10.4. The summed E-state index contributed by atoms with van der Waals surface area (Å²) >= 11 is 5.69. The van der Waals surface area contributed by atoms with Crippen LogP contribution in [0.5, 0.6) is 0 Å². The van der Waals surface area contributed by atoms with Gasteiger partial charge in [-0.25, -0.2) is 4.39 Å². The van der Waals surface area contributed by atoms with Crippen LogP contribution in [0, 0.1) is 5.82 Å². The van der Waals surface area contributed by atoms with Crippen molar-refractivity contribution in [3.63, 3.8) is 0 Å². The lowest BCUT2D eigenvalue weighted by atomic mass is 10.0. The summed E-state index contributed by atoms with van der Waals surface area (Å²) in [5.41, 5.74) is 7.25. The van der Waals surface area contributed by atoms with Crippen LogP contribution < -0.4 is 5.73 Å². The van der Waals surface area contributed by atoms with E-state index >= 15 is 0 Å². The topological polar surface area (TPSA) is 46.2 Å². The molecule has 0 amide bonds. The van der Waals surface area contributed by atoms with E-state index in [-0.39, 0.29) is 11.4 Å². The Hall–Kier alpha value is -1.58. The molecule has 0 bridgehead atoms. The van der Waals surface area contributed by atoms with Crippen molar-refractivity contribution in [1.29, 1.82) is 0 Å². The van der Waals surface area contributed by atoms with Gasteiger partial charge in [-0.05, 0) is 29.3 Å². The van der Waals surface area contributed by atoms with Crippen LogP contribution in [0.3, 0.4) is 0 Å². The van der Waals surface area contributed by atoms with Crippen LogP contribution in [0.15, 0.2) is 42.5 Å². The standard InChI is InChI=1S/C14H13ClFNO/c15-12-6-2-4-10(14(12)16)8-13(18)9-3-1-5-11(17)7-9/h1-7,13,18H,8,17H2. The summed E-state index contributed by atoms with van der Waals surface area (Å²) in [5, 5.41) is 10.1. The van der Waals surface area contributed by atoms with Crippen LogP contribution in [-0.2, 0) is 6.42 Å². The van der Waals surface area contributed by atoms with Gasteiger partial charge in [0.25, 0.3) is 0 Å². The number of nitrogen functional groups attached to an aromatic ring is 1. The van der Waals surface area contributed by atoms with Crippen LogP contribution in [0.25, 0.3) is 0 Å². The van der Waals surface area contributed by atoms with Crippen LogP contribution in [0.1, 0.15) is 17.2 Å². The van der Waals surface area contributed by atoms with E-state index < -0.39 is 11.9 Å². The van der Waals surface area contributed by atoms with Crippen molar-refractivity contribution in [2.75, 3.05) is 5.73 Å². The minimum absolute atomic E-state index is 0.0623.